The summed E-state index contributed by atoms with van der Waals surface area (Å²) in [6.45, 7) is 4.78. The van der Waals surface area contributed by atoms with Gasteiger partial charge in [0.15, 0.2) is 0 Å². The molecule has 0 amide bonds. The summed E-state index contributed by atoms with van der Waals surface area (Å²) in [6.07, 6.45) is 3.60. The zero-order valence-corrected chi connectivity index (χ0v) is 4.76. The van der Waals surface area contributed by atoms with E-state index in [9.17, 15) is 0 Å². The fraction of sp³-hybridized carbons (Fsp3) is 0.600. The minimum absolute atomic E-state index is 0.778. The van der Waals surface area contributed by atoms with Gasteiger partial charge in [-0.05, 0) is 6.08 Å². The fourth-order valence-corrected chi connectivity index (χ4v) is 0.236. The average molecular weight is 98.1 g/mol. The van der Waals surface area contributed by atoms with Gasteiger partial charge in [0.2, 0.25) is 0 Å². The summed E-state index contributed by atoms with van der Waals surface area (Å²) in [7, 11) is 0. The van der Waals surface area contributed by atoms with Gasteiger partial charge in [0.1, 0.15) is 0 Å². The van der Waals surface area contributed by atoms with Crippen molar-refractivity contribution >= 4 is 0 Å². The van der Waals surface area contributed by atoms with Gasteiger partial charge in [-0.15, -0.1) is 0 Å². The highest BCUT2D eigenvalue weighted by Crippen LogP contribution is 1.86. The van der Waals surface area contributed by atoms with Crippen LogP contribution in [0.2, 0.25) is 0 Å². The molecule has 2 heteroatoms. The first-order valence-corrected chi connectivity index (χ1v) is 2.52. The molecule has 1 rings (SSSR count). The predicted molar refractivity (Wildman–Crippen MR) is 30.2 cm³/mol. The van der Waals surface area contributed by atoms with Gasteiger partial charge in [-0.3, -0.25) is 0 Å². The molecule has 0 N–H and O–H groups in total. The van der Waals surface area contributed by atoms with Crippen LogP contribution >= 0.6 is 0 Å². The molecule has 1 heterocycles. The maximum Gasteiger partial charge on any atom is 0.0802 e. The highest BCUT2D eigenvalue weighted by molar-refractivity contribution is 4.84. The van der Waals surface area contributed by atoms with Gasteiger partial charge in [-0.25, -0.2) is 0 Å². The summed E-state index contributed by atoms with van der Waals surface area (Å²) < 4.78 is 0. The summed E-state index contributed by atoms with van der Waals surface area (Å²) in [5.41, 5.74) is 0. The maximum atomic E-state index is 3.60. The number of azo groups is 1. The van der Waals surface area contributed by atoms with Gasteiger partial charge in [-0.1, -0.05) is 13.8 Å². The summed E-state index contributed by atoms with van der Waals surface area (Å²) in [4.78, 5) is 0. The highest BCUT2D eigenvalue weighted by atomic mass is 15.1. The smallest absolute Gasteiger partial charge is 0.0802 e. The molecule has 0 spiro atoms. The zero-order valence-electron chi connectivity index (χ0n) is 4.76. The Bertz CT molecular complexity index is 64.1. The van der Waals surface area contributed by atoms with Gasteiger partial charge in [-0.2, -0.15) is 10.2 Å². The van der Waals surface area contributed by atoms with E-state index in [1.807, 2.05) is 19.9 Å². The van der Waals surface area contributed by atoms with E-state index < -0.39 is 0 Å². The molecular weight excluding hydrogens is 88.1 g/mol. The molecule has 0 aliphatic carbocycles. The second kappa shape index (κ2) is 5.34. The monoisotopic (exact) mass is 98.1 g/mol. The molecule has 0 saturated carbocycles. The summed E-state index contributed by atoms with van der Waals surface area (Å²) in [5, 5.41) is 7.12. The molecule has 1 aliphatic rings. The second-order valence-electron chi connectivity index (χ2n) is 0.824. The van der Waals surface area contributed by atoms with E-state index in [1.54, 1.807) is 6.20 Å². The lowest BCUT2D eigenvalue weighted by atomic mass is 10.7. The molecule has 0 atom stereocenters. The van der Waals surface area contributed by atoms with Crippen molar-refractivity contribution in [1.29, 1.82) is 0 Å². The third kappa shape index (κ3) is 3.16. The Labute approximate surface area is 44.0 Å². The lowest BCUT2D eigenvalue weighted by Gasteiger charge is -1.56. The first-order chi connectivity index (χ1) is 3.50. The normalized spacial score (nSPS) is 13.4. The SMILES string of the molecule is C1=CN=NC1.CC. The standard InChI is InChI=1S/C3H4N2.C2H6/c1-2-4-5-3-1;1-2/h1-2H,3H2;1-2H3. The van der Waals surface area contributed by atoms with E-state index in [1.165, 1.54) is 0 Å². The van der Waals surface area contributed by atoms with Crippen molar-refractivity contribution in [3.63, 3.8) is 0 Å². The van der Waals surface area contributed by atoms with Crippen molar-refractivity contribution in [2.24, 2.45) is 10.2 Å². The first kappa shape index (κ1) is 6.34. The largest absolute Gasteiger partial charge is 0.185 e. The second-order valence-corrected chi connectivity index (χ2v) is 0.824. The molecule has 2 nitrogen and oxygen atoms in total. The van der Waals surface area contributed by atoms with Crippen LogP contribution in [0.1, 0.15) is 13.8 Å². The molecule has 0 aromatic heterocycles. The lowest BCUT2D eigenvalue weighted by Crippen LogP contribution is -1.53. The molecule has 0 aromatic carbocycles. The third-order valence-electron chi connectivity index (χ3n) is 0.441. The van der Waals surface area contributed by atoms with Crippen LogP contribution in [0.25, 0.3) is 0 Å². The van der Waals surface area contributed by atoms with E-state index >= 15 is 0 Å². The molecule has 40 valence electrons. The highest BCUT2D eigenvalue weighted by Gasteiger charge is 1.74. The Morgan fingerprint density at radius 2 is 2.14 bits per heavy atom. The molecule has 0 saturated heterocycles. The number of nitrogens with zero attached hydrogens (tertiary/aromatic N) is 2. The number of rotatable bonds is 0. The third-order valence-corrected chi connectivity index (χ3v) is 0.441. The van der Waals surface area contributed by atoms with Gasteiger partial charge >= 0.3 is 0 Å². The van der Waals surface area contributed by atoms with Gasteiger partial charge in [0.25, 0.3) is 0 Å². The average Bonchev–Trinajstić information content (AvgIpc) is 2.23. The molecular formula is C5H10N2. The molecule has 0 fully saturated rings. The van der Waals surface area contributed by atoms with E-state index in [4.69, 9.17) is 0 Å². The Hall–Kier alpha value is -0.660. The minimum atomic E-state index is 0.778. The van der Waals surface area contributed by atoms with Crippen LogP contribution in [0.4, 0.5) is 0 Å². The molecule has 7 heavy (non-hydrogen) atoms. The van der Waals surface area contributed by atoms with Crippen molar-refractivity contribution in [2.75, 3.05) is 6.54 Å². The lowest BCUT2D eigenvalue weighted by molar-refractivity contribution is 1.14. The zero-order chi connectivity index (χ0) is 5.54. The minimum Gasteiger partial charge on any atom is -0.185 e. The summed E-state index contributed by atoms with van der Waals surface area (Å²) >= 11 is 0. The molecule has 1 aliphatic heterocycles. The van der Waals surface area contributed by atoms with Crippen LogP contribution in [0, 0.1) is 0 Å². The van der Waals surface area contributed by atoms with Crippen molar-refractivity contribution < 1.29 is 0 Å². The molecule has 0 bridgehead atoms. The van der Waals surface area contributed by atoms with Crippen molar-refractivity contribution in [2.45, 2.75) is 13.8 Å². The van der Waals surface area contributed by atoms with Crippen LogP contribution in [0.15, 0.2) is 22.5 Å². The Balaban J connectivity index is 0.000000162. The van der Waals surface area contributed by atoms with Crippen molar-refractivity contribution in [3.8, 4) is 0 Å². The van der Waals surface area contributed by atoms with Crippen LogP contribution in [-0.4, -0.2) is 6.54 Å². The molecule has 0 aromatic rings. The van der Waals surface area contributed by atoms with Crippen LogP contribution < -0.4 is 0 Å². The maximum absolute atomic E-state index is 3.60. The summed E-state index contributed by atoms with van der Waals surface area (Å²) in [5.74, 6) is 0. The number of hydrogen-bond donors (Lipinski definition) is 0. The van der Waals surface area contributed by atoms with E-state index in [0.717, 1.165) is 6.54 Å². The number of hydrogen-bond acceptors (Lipinski definition) is 2. The van der Waals surface area contributed by atoms with Crippen molar-refractivity contribution in [3.05, 3.63) is 12.3 Å². The Morgan fingerprint density at radius 3 is 2.29 bits per heavy atom. The molecule has 0 radical (unpaired) electrons. The molecule has 0 unspecified atom stereocenters. The topological polar surface area (TPSA) is 24.7 Å². The van der Waals surface area contributed by atoms with Crippen molar-refractivity contribution in [1.82, 2.24) is 0 Å². The van der Waals surface area contributed by atoms with E-state index in [0.29, 0.717) is 0 Å². The quantitative estimate of drug-likeness (QED) is 0.442. The van der Waals surface area contributed by atoms with E-state index in [2.05, 4.69) is 10.2 Å². The van der Waals surface area contributed by atoms with Crippen LogP contribution in [0.3, 0.4) is 0 Å². The van der Waals surface area contributed by atoms with Gasteiger partial charge < -0.3 is 0 Å². The summed E-state index contributed by atoms with van der Waals surface area (Å²) in [6, 6.07) is 0. The van der Waals surface area contributed by atoms with E-state index in [-0.39, 0.29) is 0 Å². The van der Waals surface area contributed by atoms with Crippen LogP contribution in [-0.2, 0) is 0 Å². The Morgan fingerprint density at radius 1 is 1.43 bits per heavy atom. The van der Waals surface area contributed by atoms with Gasteiger partial charge in [0, 0.05) is 6.20 Å². The fourth-order valence-electron chi connectivity index (χ4n) is 0.236. The van der Waals surface area contributed by atoms with Crippen LogP contribution in [0.5, 0.6) is 0 Å². The van der Waals surface area contributed by atoms with Gasteiger partial charge in [0.05, 0.1) is 6.54 Å². The first-order valence-electron chi connectivity index (χ1n) is 2.52. The predicted octanol–water partition coefficient (Wildman–Crippen LogP) is 1.99. The Kier molecular flexibility index (Phi) is 4.84.